The zero-order valence-corrected chi connectivity index (χ0v) is 15.3. The summed E-state index contributed by atoms with van der Waals surface area (Å²) in [6, 6.07) is 5.45. The van der Waals surface area contributed by atoms with Crippen LogP contribution in [0.3, 0.4) is 0 Å². The van der Waals surface area contributed by atoms with Crippen LogP contribution in [0.5, 0.6) is 11.5 Å². The highest BCUT2D eigenvalue weighted by Crippen LogP contribution is 2.33. The molecule has 0 aliphatic rings. The summed E-state index contributed by atoms with van der Waals surface area (Å²) in [5.41, 5.74) is 7.37. The van der Waals surface area contributed by atoms with E-state index in [1.807, 2.05) is 29.0 Å². The average Bonchev–Trinajstić information content (AvgIpc) is 3.21. The Morgan fingerprint density at radius 3 is 2.74 bits per heavy atom. The van der Waals surface area contributed by atoms with E-state index in [0.717, 1.165) is 19.5 Å². The van der Waals surface area contributed by atoms with Crippen molar-refractivity contribution in [1.29, 1.82) is 0 Å². The van der Waals surface area contributed by atoms with Crippen LogP contribution in [0.25, 0.3) is 0 Å². The van der Waals surface area contributed by atoms with Gasteiger partial charge in [-0.25, -0.2) is 15.0 Å². The first-order valence-corrected chi connectivity index (χ1v) is 8.50. The van der Waals surface area contributed by atoms with Gasteiger partial charge in [0.2, 0.25) is 0 Å². The van der Waals surface area contributed by atoms with E-state index in [-0.39, 0.29) is 0 Å². The molecular formula is C18H23N7O2. The summed E-state index contributed by atoms with van der Waals surface area (Å²) in [5, 5.41) is 6.43. The largest absolute Gasteiger partial charge is 0.497 e. The van der Waals surface area contributed by atoms with Gasteiger partial charge in [-0.15, -0.1) is 0 Å². The third-order valence-corrected chi connectivity index (χ3v) is 3.99. The van der Waals surface area contributed by atoms with E-state index in [4.69, 9.17) is 15.2 Å². The van der Waals surface area contributed by atoms with Gasteiger partial charge in [-0.05, 0) is 18.6 Å². The smallest absolute Gasteiger partial charge is 0.159 e. The normalized spacial score (nSPS) is 10.4. The quantitative estimate of drug-likeness (QED) is 0.493. The first kappa shape index (κ1) is 18.3. The molecule has 0 bridgehead atoms. The molecule has 0 aliphatic carbocycles. The summed E-state index contributed by atoms with van der Waals surface area (Å²) in [7, 11) is 3.21. The zero-order chi connectivity index (χ0) is 19.1. The predicted octanol–water partition coefficient (Wildman–Crippen LogP) is 2.52. The summed E-state index contributed by atoms with van der Waals surface area (Å²) < 4.78 is 12.7. The molecule has 0 unspecified atom stereocenters. The van der Waals surface area contributed by atoms with Crippen LogP contribution in [0.15, 0.2) is 43.2 Å². The van der Waals surface area contributed by atoms with E-state index in [9.17, 15) is 0 Å². The first-order valence-electron chi connectivity index (χ1n) is 8.50. The number of methoxy groups -OCH3 is 2. The SMILES string of the molecule is COc1ccc(OC)c(Nc2ncnc(NCCCn3ccnc3)c2N)c1. The summed E-state index contributed by atoms with van der Waals surface area (Å²) in [5.74, 6) is 2.43. The fraction of sp³-hybridized carbons (Fsp3) is 0.278. The van der Waals surface area contributed by atoms with Gasteiger partial charge in [0.25, 0.3) is 0 Å². The Labute approximate surface area is 157 Å². The van der Waals surface area contributed by atoms with E-state index in [0.29, 0.717) is 34.5 Å². The Hall–Kier alpha value is -3.49. The topological polar surface area (TPSA) is 112 Å². The number of nitrogens with zero attached hydrogens (tertiary/aromatic N) is 4. The number of anilines is 4. The van der Waals surface area contributed by atoms with Crippen molar-refractivity contribution in [1.82, 2.24) is 19.5 Å². The molecule has 0 aliphatic heterocycles. The van der Waals surface area contributed by atoms with Crippen LogP contribution in [0.2, 0.25) is 0 Å². The van der Waals surface area contributed by atoms with Gasteiger partial charge in [0.15, 0.2) is 11.6 Å². The van der Waals surface area contributed by atoms with E-state index in [1.165, 1.54) is 6.33 Å². The van der Waals surface area contributed by atoms with Gasteiger partial charge < -0.3 is 30.4 Å². The highest BCUT2D eigenvalue weighted by atomic mass is 16.5. The molecule has 2 aromatic heterocycles. The fourth-order valence-electron chi connectivity index (χ4n) is 2.56. The molecule has 0 fully saturated rings. The lowest BCUT2D eigenvalue weighted by Crippen LogP contribution is -2.11. The Kier molecular flexibility index (Phi) is 5.93. The van der Waals surface area contributed by atoms with Gasteiger partial charge in [-0.3, -0.25) is 0 Å². The lowest BCUT2D eigenvalue weighted by molar-refractivity contribution is 0.405. The maximum atomic E-state index is 6.23. The number of aromatic nitrogens is 4. The number of nitrogen functional groups attached to an aromatic ring is 1. The van der Waals surface area contributed by atoms with Crippen LogP contribution < -0.4 is 25.8 Å². The standard InChI is InChI=1S/C18H23N7O2/c1-26-13-4-5-15(27-2)14(10-13)24-18-16(19)17(22-11-23-18)21-6-3-8-25-9-7-20-12-25/h4-5,7,9-12H,3,6,8,19H2,1-2H3,(H2,21,22,23,24). The van der Waals surface area contributed by atoms with E-state index < -0.39 is 0 Å². The van der Waals surface area contributed by atoms with Crippen molar-refractivity contribution in [3.8, 4) is 11.5 Å². The minimum atomic E-state index is 0.435. The summed E-state index contributed by atoms with van der Waals surface area (Å²) >= 11 is 0. The lowest BCUT2D eigenvalue weighted by atomic mass is 10.2. The van der Waals surface area contributed by atoms with Gasteiger partial charge in [-0.1, -0.05) is 0 Å². The van der Waals surface area contributed by atoms with Crippen LogP contribution in [0.4, 0.5) is 23.0 Å². The highest BCUT2D eigenvalue weighted by Gasteiger charge is 2.11. The third kappa shape index (κ3) is 4.57. The van der Waals surface area contributed by atoms with Crippen molar-refractivity contribution >= 4 is 23.0 Å². The molecule has 27 heavy (non-hydrogen) atoms. The molecule has 3 aromatic rings. The monoisotopic (exact) mass is 369 g/mol. The molecule has 142 valence electrons. The molecule has 9 heteroatoms. The summed E-state index contributed by atoms with van der Waals surface area (Å²) in [6.07, 6.45) is 7.86. The second-order valence-corrected chi connectivity index (χ2v) is 5.76. The molecule has 0 amide bonds. The molecule has 9 nitrogen and oxygen atoms in total. The molecule has 3 rings (SSSR count). The van der Waals surface area contributed by atoms with Crippen molar-refractivity contribution in [3.63, 3.8) is 0 Å². The second kappa shape index (κ2) is 8.75. The van der Waals surface area contributed by atoms with Crippen molar-refractivity contribution in [2.75, 3.05) is 37.1 Å². The number of hydrogen-bond acceptors (Lipinski definition) is 8. The van der Waals surface area contributed by atoms with E-state index in [2.05, 4.69) is 25.6 Å². The Morgan fingerprint density at radius 2 is 2.00 bits per heavy atom. The fourth-order valence-corrected chi connectivity index (χ4v) is 2.56. The minimum absolute atomic E-state index is 0.435. The number of aryl methyl sites for hydroxylation is 1. The lowest BCUT2D eigenvalue weighted by Gasteiger charge is -2.15. The minimum Gasteiger partial charge on any atom is -0.497 e. The maximum Gasteiger partial charge on any atom is 0.159 e. The van der Waals surface area contributed by atoms with Crippen LogP contribution in [0, 0.1) is 0 Å². The molecule has 4 N–H and O–H groups in total. The average molecular weight is 369 g/mol. The van der Waals surface area contributed by atoms with Crippen molar-refractivity contribution in [2.24, 2.45) is 0 Å². The molecule has 2 heterocycles. The third-order valence-electron chi connectivity index (χ3n) is 3.99. The zero-order valence-electron chi connectivity index (χ0n) is 15.3. The Bertz CT molecular complexity index is 868. The van der Waals surface area contributed by atoms with E-state index >= 15 is 0 Å². The number of benzene rings is 1. The number of ether oxygens (including phenoxy) is 2. The number of hydrogen-bond donors (Lipinski definition) is 3. The van der Waals surface area contributed by atoms with Crippen molar-refractivity contribution in [2.45, 2.75) is 13.0 Å². The van der Waals surface area contributed by atoms with Crippen molar-refractivity contribution < 1.29 is 9.47 Å². The van der Waals surface area contributed by atoms with Gasteiger partial charge in [0.05, 0.1) is 26.2 Å². The number of rotatable bonds is 9. The highest BCUT2D eigenvalue weighted by molar-refractivity contribution is 5.79. The number of nitrogens with one attached hydrogen (secondary N) is 2. The van der Waals surface area contributed by atoms with Gasteiger partial charge in [0, 0.05) is 31.5 Å². The molecule has 0 spiro atoms. The Balaban J connectivity index is 1.67. The Morgan fingerprint density at radius 1 is 1.15 bits per heavy atom. The van der Waals surface area contributed by atoms with Crippen LogP contribution in [-0.4, -0.2) is 40.3 Å². The van der Waals surface area contributed by atoms with Gasteiger partial charge in [0.1, 0.15) is 23.5 Å². The first-order chi connectivity index (χ1) is 13.2. The van der Waals surface area contributed by atoms with E-state index in [1.54, 1.807) is 26.7 Å². The predicted molar refractivity (Wildman–Crippen MR) is 105 cm³/mol. The second-order valence-electron chi connectivity index (χ2n) is 5.76. The summed E-state index contributed by atoms with van der Waals surface area (Å²) in [6.45, 7) is 1.59. The van der Waals surface area contributed by atoms with Gasteiger partial charge >= 0.3 is 0 Å². The molecule has 0 saturated carbocycles. The molecule has 1 aromatic carbocycles. The number of nitrogens with two attached hydrogens (primary N) is 1. The molecular weight excluding hydrogens is 346 g/mol. The molecule has 0 saturated heterocycles. The van der Waals surface area contributed by atoms with Crippen LogP contribution >= 0.6 is 0 Å². The summed E-state index contributed by atoms with van der Waals surface area (Å²) in [4.78, 5) is 12.5. The number of imidazole rings is 1. The van der Waals surface area contributed by atoms with Crippen molar-refractivity contribution in [3.05, 3.63) is 43.2 Å². The van der Waals surface area contributed by atoms with Gasteiger partial charge in [-0.2, -0.15) is 0 Å². The van der Waals surface area contributed by atoms with Crippen LogP contribution in [0.1, 0.15) is 6.42 Å². The van der Waals surface area contributed by atoms with Crippen LogP contribution in [-0.2, 0) is 6.54 Å². The molecule has 0 radical (unpaired) electrons. The molecule has 0 atom stereocenters. The maximum absolute atomic E-state index is 6.23.